The molecule has 4 heterocycles. The average molecular weight is 743 g/mol. The number of rotatable bonds is 7. The Morgan fingerprint density at radius 1 is 0.906 bits per heavy atom. The van der Waals surface area contributed by atoms with Crippen LogP contribution < -0.4 is 9.80 Å². The van der Waals surface area contributed by atoms with Gasteiger partial charge in [-0.3, -0.25) is 15.0 Å². The largest absolute Gasteiger partial charge is 0.444 e. The molecule has 0 bridgehead atoms. The molecule has 0 radical (unpaired) electrons. The number of anilines is 2. The number of ether oxygens (including phenoxy) is 1. The number of hydrogen-bond acceptors (Lipinski definition) is 7. The molecule has 280 valence electrons. The molecule has 7 rings (SSSR count). The number of hydrogen-bond donors (Lipinski definition) is 1. The van der Waals surface area contributed by atoms with Crippen molar-refractivity contribution in [1.29, 1.82) is 0 Å². The second-order valence-electron chi connectivity index (χ2n) is 16.4. The molecule has 3 atom stereocenters. The summed E-state index contributed by atoms with van der Waals surface area (Å²) >= 11 is 0. The third-order valence-corrected chi connectivity index (χ3v) is 14.2. The predicted molar refractivity (Wildman–Crippen MR) is 205 cm³/mol. The Bertz CT molecular complexity index is 1950. The number of imidazole rings is 1. The Balaban J connectivity index is 1.16. The van der Waals surface area contributed by atoms with Gasteiger partial charge in [0.2, 0.25) is 0 Å². The molecule has 0 unspecified atom stereocenters. The van der Waals surface area contributed by atoms with Gasteiger partial charge in [0.05, 0.1) is 43.0 Å². The van der Waals surface area contributed by atoms with Crippen LogP contribution in [0.1, 0.15) is 81.5 Å². The molecule has 13 heteroatoms. The number of likely N-dealkylation sites (tertiary alicyclic amines) is 1. The summed E-state index contributed by atoms with van der Waals surface area (Å²) in [6.07, 6.45) is 4.50. The Hall–Kier alpha value is -4.78. The van der Waals surface area contributed by atoms with Crippen molar-refractivity contribution in [1.82, 2.24) is 14.9 Å². The third kappa shape index (κ3) is 7.67. The van der Waals surface area contributed by atoms with E-state index in [1.807, 2.05) is 49.9 Å². The molecular weight excluding hydrogens is 695 g/mol. The fourth-order valence-corrected chi connectivity index (χ4v) is 10.1. The molecule has 3 fully saturated rings. The second-order valence-corrected chi connectivity index (χ2v) is 21.7. The minimum Gasteiger partial charge on any atom is -0.444 e. The van der Waals surface area contributed by atoms with E-state index in [4.69, 9.17) is 4.74 Å². The first-order valence-corrected chi connectivity index (χ1v) is 22.0. The van der Waals surface area contributed by atoms with Crippen LogP contribution in [0.5, 0.6) is 0 Å². The number of carbonyl (C=O) groups excluding carboxylic acids is 1. The van der Waals surface area contributed by atoms with Crippen LogP contribution in [-0.4, -0.2) is 59.2 Å². The normalized spacial score (nSPS) is 21.6. The molecule has 1 amide bonds. The highest BCUT2D eigenvalue weighted by atomic mass is 28.3. The standard InChI is InChI=1S/C40H48F2N6O4Si/c1-40(2,3)52-39(49)46-18-6-7-36(46)38-43-25-33(44-38)26-8-10-27(11-9-26)34-16-17-35(28-12-14-29(15-13-28)48(50)51)47(34)30-23-31(41)37(32(42)24-30)45-19-21-53(4,5)22-20-45/h8-15,23-25,34-36H,6-7,16-22H2,1-5H3,(H,43,44)/t34-,35-,36+/m1/s1. The molecule has 0 aliphatic carbocycles. The van der Waals surface area contributed by atoms with Crippen LogP contribution in [0, 0.1) is 21.7 Å². The van der Waals surface area contributed by atoms with Gasteiger partial charge in [-0.25, -0.2) is 18.6 Å². The lowest BCUT2D eigenvalue weighted by Crippen LogP contribution is -2.43. The number of nitrogens with zero attached hydrogens (tertiary/aromatic N) is 5. The van der Waals surface area contributed by atoms with Gasteiger partial charge in [-0.2, -0.15) is 0 Å². The molecule has 4 aromatic rings. The van der Waals surface area contributed by atoms with Crippen LogP contribution in [0.25, 0.3) is 11.3 Å². The number of non-ortho nitro benzene ring substituents is 1. The third-order valence-electron chi connectivity index (χ3n) is 11.0. The van der Waals surface area contributed by atoms with Gasteiger partial charge in [0, 0.05) is 37.5 Å². The van der Waals surface area contributed by atoms with Gasteiger partial charge in [-0.1, -0.05) is 49.5 Å². The zero-order chi connectivity index (χ0) is 37.7. The zero-order valence-corrected chi connectivity index (χ0v) is 32.1. The van der Waals surface area contributed by atoms with Crippen molar-refractivity contribution in [2.24, 2.45) is 0 Å². The molecule has 10 nitrogen and oxygen atoms in total. The highest BCUT2D eigenvalue weighted by Crippen LogP contribution is 2.48. The van der Waals surface area contributed by atoms with E-state index in [1.165, 1.54) is 24.3 Å². The SMILES string of the molecule is CC(C)(C)OC(=O)N1CCC[C@H]1c1ncc(-c2ccc([C@H]3CC[C@H](c4ccc([N+](=O)[O-])cc4)N3c3cc(F)c(N4CC[Si](C)(C)CC4)c(F)c3)cc2)[nH]1. The number of nitro groups is 1. The van der Waals surface area contributed by atoms with Crippen LogP contribution in [0.3, 0.4) is 0 Å². The summed E-state index contributed by atoms with van der Waals surface area (Å²) in [5, 5.41) is 11.4. The van der Waals surface area contributed by atoms with E-state index in [2.05, 4.69) is 28.0 Å². The van der Waals surface area contributed by atoms with Gasteiger partial charge in [0.15, 0.2) is 11.6 Å². The Labute approximate surface area is 310 Å². The number of nitrogens with one attached hydrogen (secondary N) is 1. The van der Waals surface area contributed by atoms with E-state index in [0.29, 0.717) is 44.0 Å². The lowest BCUT2D eigenvalue weighted by atomic mass is 10.0. The number of carbonyl (C=O) groups is 1. The highest BCUT2D eigenvalue weighted by Gasteiger charge is 2.38. The maximum atomic E-state index is 16.0. The first-order valence-electron chi connectivity index (χ1n) is 18.6. The van der Waals surface area contributed by atoms with E-state index in [1.54, 1.807) is 23.2 Å². The molecule has 3 aromatic carbocycles. The van der Waals surface area contributed by atoms with Crippen LogP contribution in [0.4, 0.5) is 30.6 Å². The fraction of sp³-hybridized carbons (Fsp3) is 0.450. The molecule has 3 saturated heterocycles. The molecule has 0 saturated carbocycles. The van der Waals surface area contributed by atoms with Crippen molar-refractivity contribution in [3.8, 4) is 11.3 Å². The van der Waals surface area contributed by atoms with Crippen LogP contribution in [-0.2, 0) is 4.74 Å². The molecule has 1 N–H and O–H groups in total. The van der Waals surface area contributed by atoms with Gasteiger partial charge in [0.1, 0.15) is 17.1 Å². The number of halogens is 2. The van der Waals surface area contributed by atoms with Gasteiger partial charge in [0.25, 0.3) is 5.69 Å². The second kappa shape index (κ2) is 14.2. The lowest BCUT2D eigenvalue weighted by molar-refractivity contribution is -0.384. The van der Waals surface area contributed by atoms with Gasteiger partial charge in [-0.15, -0.1) is 0 Å². The van der Waals surface area contributed by atoms with Crippen molar-refractivity contribution in [3.05, 3.63) is 106 Å². The molecule has 0 spiro atoms. The Kier molecular flexibility index (Phi) is 9.81. The van der Waals surface area contributed by atoms with E-state index in [0.717, 1.165) is 47.3 Å². The smallest absolute Gasteiger partial charge is 0.410 e. The number of aromatic nitrogens is 2. The van der Waals surface area contributed by atoms with Crippen molar-refractivity contribution in [2.45, 2.75) is 95.4 Å². The maximum Gasteiger partial charge on any atom is 0.410 e. The van der Waals surface area contributed by atoms with Crippen LogP contribution in [0.15, 0.2) is 66.9 Å². The van der Waals surface area contributed by atoms with Crippen molar-refractivity contribution < 1.29 is 23.2 Å². The molecule has 53 heavy (non-hydrogen) atoms. The van der Waals surface area contributed by atoms with Gasteiger partial charge in [-0.05, 0) is 87.4 Å². The first kappa shape index (κ1) is 36.6. The Morgan fingerprint density at radius 3 is 2.06 bits per heavy atom. The molecular formula is C40H48F2N6O4Si. The van der Waals surface area contributed by atoms with E-state index in [9.17, 15) is 14.9 Å². The summed E-state index contributed by atoms with van der Waals surface area (Å²) in [6, 6.07) is 18.8. The van der Waals surface area contributed by atoms with Gasteiger partial charge >= 0.3 is 6.09 Å². The van der Waals surface area contributed by atoms with Crippen LogP contribution >= 0.6 is 0 Å². The molecule has 1 aromatic heterocycles. The Morgan fingerprint density at radius 2 is 1.49 bits per heavy atom. The molecule has 3 aliphatic heterocycles. The summed E-state index contributed by atoms with van der Waals surface area (Å²) in [5.74, 6) is -0.442. The quantitative estimate of drug-likeness (QED) is 0.114. The monoisotopic (exact) mass is 742 g/mol. The lowest BCUT2D eigenvalue weighted by Gasteiger charge is -2.38. The maximum absolute atomic E-state index is 16.0. The fourth-order valence-electron chi connectivity index (χ4n) is 8.11. The summed E-state index contributed by atoms with van der Waals surface area (Å²) < 4.78 is 37.7. The topological polar surface area (TPSA) is 108 Å². The molecule has 3 aliphatic rings. The average Bonchev–Trinajstić information content (AvgIpc) is 3.88. The van der Waals surface area contributed by atoms with Crippen molar-refractivity contribution in [2.75, 3.05) is 29.4 Å². The summed E-state index contributed by atoms with van der Waals surface area (Å²) in [6.45, 7) is 12.1. The number of benzene rings is 3. The predicted octanol–water partition coefficient (Wildman–Crippen LogP) is 9.95. The minimum atomic E-state index is -1.34. The van der Waals surface area contributed by atoms with Crippen molar-refractivity contribution in [3.63, 3.8) is 0 Å². The number of amides is 1. The number of H-pyrrole nitrogens is 1. The van der Waals surface area contributed by atoms with E-state index >= 15 is 8.78 Å². The summed E-state index contributed by atoms with van der Waals surface area (Å²) in [5.41, 5.74) is 3.45. The van der Waals surface area contributed by atoms with Crippen molar-refractivity contribution >= 4 is 31.2 Å². The first-order chi connectivity index (χ1) is 25.2. The summed E-state index contributed by atoms with van der Waals surface area (Å²) in [4.78, 5) is 37.6. The minimum absolute atomic E-state index is 0.00732. The van der Waals surface area contributed by atoms with E-state index < -0.39 is 30.2 Å². The number of aromatic amines is 1. The van der Waals surface area contributed by atoms with Gasteiger partial charge < -0.3 is 19.5 Å². The summed E-state index contributed by atoms with van der Waals surface area (Å²) in [7, 11) is -1.34. The highest BCUT2D eigenvalue weighted by molar-refractivity contribution is 6.77. The van der Waals surface area contributed by atoms with Crippen LogP contribution in [0.2, 0.25) is 25.2 Å². The number of nitro benzene ring substituents is 1. The van der Waals surface area contributed by atoms with E-state index in [-0.39, 0.29) is 35.6 Å². The zero-order valence-electron chi connectivity index (χ0n) is 31.1.